The second kappa shape index (κ2) is 3.23. The standard InChI is InChI=1S/C7H10O3/c1-4-5-7(2,9)6(8)10-3/h9H,1-3H3. The molecule has 0 radical (unpaired) electrons. The number of rotatable bonds is 1. The molecule has 0 aromatic heterocycles. The summed E-state index contributed by atoms with van der Waals surface area (Å²) in [7, 11) is 1.20. The molecule has 0 amide bonds. The zero-order valence-corrected chi connectivity index (χ0v) is 6.26. The lowest BCUT2D eigenvalue weighted by Gasteiger charge is -2.11. The van der Waals surface area contributed by atoms with Crippen LogP contribution in [0.5, 0.6) is 0 Å². The fraction of sp³-hybridized carbons (Fsp3) is 0.571. The van der Waals surface area contributed by atoms with E-state index in [9.17, 15) is 4.79 Å². The minimum absolute atomic E-state index is 0.734. The Balaban J connectivity index is 4.34. The van der Waals surface area contributed by atoms with Gasteiger partial charge in [-0.3, -0.25) is 0 Å². The first-order valence-corrected chi connectivity index (χ1v) is 2.79. The van der Waals surface area contributed by atoms with Gasteiger partial charge in [-0.2, -0.15) is 0 Å². The molecule has 56 valence electrons. The predicted molar refractivity (Wildman–Crippen MR) is 36.1 cm³/mol. The summed E-state index contributed by atoms with van der Waals surface area (Å²) in [5.41, 5.74) is -1.66. The van der Waals surface area contributed by atoms with E-state index in [1.165, 1.54) is 21.0 Å². The monoisotopic (exact) mass is 142 g/mol. The van der Waals surface area contributed by atoms with Gasteiger partial charge in [-0.05, 0) is 13.8 Å². The molecule has 0 saturated heterocycles. The van der Waals surface area contributed by atoms with E-state index in [0.717, 1.165) is 0 Å². The zero-order chi connectivity index (χ0) is 8.20. The van der Waals surface area contributed by atoms with Crippen LogP contribution >= 0.6 is 0 Å². The lowest BCUT2D eigenvalue weighted by Crippen LogP contribution is -2.34. The van der Waals surface area contributed by atoms with E-state index in [-0.39, 0.29) is 0 Å². The average Bonchev–Trinajstić information content (AvgIpc) is 1.86. The van der Waals surface area contributed by atoms with Crippen LogP contribution in [0, 0.1) is 11.8 Å². The van der Waals surface area contributed by atoms with Crippen molar-refractivity contribution in [2.24, 2.45) is 0 Å². The van der Waals surface area contributed by atoms with Gasteiger partial charge in [0, 0.05) is 0 Å². The Bertz CT molecular complexity index is 183. The highest BCUT2D eigenvalue weighted by Gasteiger charge is 2.28. The third kappa shape index (κ3) is 2.08. The molecule has 3 heteroatoms. The van der Waals surface area contributed by atoms with Crippen LogP contribution in [-0.2, 0) is 9.53 Å². The number of carbonyl (C=O) groups is 1. The van der Waals surface area contributed by atoms with Crippen LogP contribution in [0.4, 0.5) is 0 Å². The molecule has 0 fully saturated rings. The third-order valence-corrected chi connectivity index (χ3v) is 0.951. The zero-order valence-electron chi connectivity index (χ0n) is 6.26. The molecule has 0 aliphatic heterocycles. The van der Waals surface area contributed by atoms with Gasteiger partial charge in [-0.1, -0.05) is 5.92 Å². The van der Waals surface area contributed by atoms with E-state index < -0.39 is 11.6 Å². The molecule has 0 bridgehead atoms. The summed E-state index contributed by atoms with van der Waals surface area (Å²) in [6.07, 6.45) is 0. The molecule has 1 unspecified atom stereocenters. The number of ether oxygens (including phenoxy) is 1. The number of aliphatic hydroxyl groups is 1. The summed E-state index contributed by atoms with van der Waals surface area (Å²) in [6, 6.07) is 0. The second-order valence-corrected chi connectivity index (χ2v) is 1.94. The molecule has 3 nitrogen and oxygen atoms in total. The lowest BCUT2D eigenvalue weighted by atomic mass is 10.1. The summed E-state index contributed by atoms with van der Waals surface area (Å²) in [6.45, 7) is 2.83. The van der Waals surface area contributed by atoms with Gasteiger partial charge >= 0.3 is 5.97 Å². The van der Waals surface area contributed by atoms with Crippen LogP contribution in [0.1, 0.15) is 13.8 Å². The van der Waals surface area contributed by atoms with Gasteiger partial charge in [0.25, 0.3) is 0 Å². The van der Waals surface area contributed by atoms with Crippen molar-refractivity contribution >= 4 is 5.97 Å². The van der Waals surface area contributed by atoms with E-state index >= 15 is 0 Å². The number of carbonyl (C=O) groups excluding carboxylic acids is 1. The fourth-order valence-corrected chi connectivity index (χ4v) is 0.493. The summed E-state index contributed by atoms with van der Waals surface area (Å²) < 4.78 is 4.28. The van der Waals surface area contributed by atoms with Gasteiger partial charge in [-0.15, -0.1) is 5.92 Å². The normalized spacial score (nSPS) is 14.4. The molecule has 0 aromatic rings. The Labute approximate surface area is 60.0 Å². The van der Waals surface area contributed by atoms with Crippen molar-refractivity contribution in [1.82, 2.24) is 0 Å². The molecule has 0 aromatic carbocycles. The van der Waals surface area contributed by atoms with Crippen LogP contribution < -0.4 is 0 Å². The van der Waals surface area contributed by atoms with E-state index in [0.29, 0.717) is 0 Å². The van der Waals surface area contributed by atoms with Gasteiger partial charge in [0.15, 0.2) is 0 Å². The summed E-state index contributed by atoms with van der Waals surface area (Å²) in [4.78, 5) is 10.6. The second-order valence-electron chi connectivity index (χ2n) is 1.94. The first kappa shape index (κ1) is 8.99. The largest absolute Gasteiger partial charge is 0.466 e. The smallest absolute Gasteiger partial charge is 0.350 e. The van der Waals surface area contributed by atoms with Gasteiger partial charge in [0.05, 0.1) is 7.11 Å². The predicted octanol–water partition coefficient (Wildman–Crippen LogP) is -0.0663. The summed E-state index contributed by atoms with van der Waals surface area (Å²) in [5.74, 6) is 3.99. The van der Waals surface area contributed by atoms with Gasteiger partial charge in [-0.25, -0.2) is 4.79 Å². The van der Waals surface area contributed by atoms with E-state index in [1.807, 2.05) is 0 Å². The molecule has 0 aliphatic rings. The minimum atomic E-state index is -1.66. The maximum Gasteiger partial charge on any atom is 0.350 e. The number of hydrogen-bond donors (Lipinski definition) is 1. The molecule has 10 heavy (non-hydrogen) atoms. The average molecular weight is 142 g/mol. The van der Waals surface area contributed by atoms with Gasteiger partial charge in [0.1, 0.15) is 0 Å². The van der Waals surface area contributed by atoms with Crippen molar-refractivity contribution < 1.29 is 14.6 Å². The Morgan fingerprint density at radius 3 is 2.50 bits per heavy atom. The molecule has 1 atom stereocenters. The highest BCUT2D eigenvalue weighted by Crippen LogP contribution is 2.02. The molecule has 0 aliphatic carbocycles. The van der Waals surface area contributed by atoms with E-state index in [4.69, 9.17) is 5.11 Å². The van der Waals surface area contributed by atoms with Gasteiger partial charge in [0.2, 0.25) is 5.60 Å². The van der Waals surface area contributed by atoms with Crippen molar-refractivity contribution in [3.8, 4) is 11.8 Å². The SMILES string of the molecule is CC#CC(C)(O)C(=O)OC. The molecule has 1 N–H and O–H groups in total. The Morgan fingerprint density at radius 2 is 2.20 bits per heavy atom. The Hall–Kier alpha value is -1.01. The topological polar surface area (TPSA) is 46.5 Å². The molecular weight excluding hydrogens is 132 g/mol. The highest BCUT2D eigenvalue weighted by molar-refractivity contribution is 5.82. The number of hydrogen-bond acceptors (Lipinski definition) is 3. The lowest BCUT2D eigenvalue weighted by molar-refractivity contribution is -0.154. The quantitative estimate of drug-likeness (QED) is 0.412. The Morgan fingerprint density at radius 1 is 1.70 bits per heavy atom. The number of esters is 1. The first-order valence-electron chi connectivity index (χ1n) is 2.79. The van der Waals surface area contributed by atoms with Crippen molar-refractivity contribution in [2.45, 2.75) is 19.4 Å². The van der Waals surface area contributed by atoms with Crippen molar-refractivity contribution in [3.05, 3.63) is 0 Å². The Kier molecular flexibility index (Phi) is 2.91. The minimum Gasteiger partial charge on any atom is -0.466 e. The molecule has 0 spiro atoms. The van der Waals surface area contributed by atoms with Crippen LogP contribution in [0.3, 0.4) is 0 Å². The van der Waals surface area contributed by atoms with Crippen molar-refractivity contribution in [2.75, 3.05) is 7.11 Å². The fourth-order valence-electron chi connectivity index (χ4n) is 0.493. The van der Waals surface area contributed by atoms with Gasteiger partial charge < -0.3 is 9.84 Å². The van der Waals surface area contributed by atoms with Crippen LogP contribution in [0.15, 0.2) is 0 Å². The highest BCUT2D eigenvalue weighted by atomic mass is 16.5. The van der Waals surface area contributed by atoms with Crippen molar-refractivity contribution in [3.63, 3.8) is 0 Å². The van der Waals surface area contributed by atoms with Crippen LogP contribution in [0.25, 0.3) is 0 Å². The van der Waals surface area contributed by atoms with Crippen LogP contribution in [0.2, 0.25) is 0 Å². The molecule has 0 heterocycles. The third-order valence-electron chi connectivity index (χ3n) is 0.951. The summed E-state index contributed by atoms with van der Waals surface area (Å²) >= 11 is 0. The maximum absolute atomic E-state index is 10.6. The number of methoxy groups -OCH3 is 1. The molecular formula is C7H10O3. The van der Waals surface area contributed by atoms with E-state index in [2.05, 4.69) is 16.6 Å². The molecule has 0 saturated carbocycles. The van der Waals surface area contributed by atoms with E-state index in [1.54, 1.807) is 0 Å². The van der Waals surface area contributed by atoms with Crippen LogP contribution in [-0.4, -0.2) is 23.8 Å². The maximum atomic E-state index is 10.6. The first-order chi connectivity index (χ1) is 4.54. The summed E-state index contributed by atoms with van der Waals surface area (Å²) in [5, 5.41) is 9.13. The molecule has 0 rings (SSSR count). The van der Waals surface area contributed by atoms with Crippen molar-refractivity contribution in [1.29, 1.82) is 0 Å².